The van der Waals surface area contributed by atoms with Gasteiger partial charge in [-0.1, -0.05) is 0 Å². The number of carbonyl (C=O) groups is 2. The maximum absolute atomic E-state index is 11.2. The summed E-state index contributed by atoms with van der Waals surface area (Å²) >= 11 is 0. The first-order chi connectivity index (χ1) is 5.99. The number of hydrogen-bond acceptors (Lipinski definition) is 3. The van der Waals surface area contributed by atoms with Crippen LogP contribution in [0.15, 0.2) is 0 Å². The van der Waals surface area contributed by atoms with Crippen molar-refractivity contribution in [1.82, 2.24) is 10.2 Å². The Morgan fingerprint density at radius 3 is 2.46 bits per heavy atom. The predicted molar refractivity (Wildman–Crippen MR) is 50.0 cm³/mol. The largest absolute Gasteiger partial charge is 0.359 e. The first-order valence-electron chi connectivity index (χ1n) is 4.20. The Hall–Kier alpha value is -1.10. The first kappa shape index (κ1) is 11.9. The average Bonchev–Trinajstić information content (AvgIpc) is 2.11. The Labute approximate surface area is 78.3 Å². The molecule has 0 heterocycles. The van der Waals surface area contributed by atoms with Crippen LogP contribution in [0.2, 0.25) is 0 Å². The Morgan fingerprint density at radius 2 is 2.08 bits per heavy atom. The monoisotopic (exact) mass is 187 g/mol. The van der Waals surface area contributed by atoms with Crippen LogP contribution in [0.1, 0.15) is 13.3 Å². The van der Waals surface area contributed by atoms with E-state index >= 15 is 0 Å². The van der Waals surface area contributed by atoms with E-state index in [4.69, 9.17) is 5.73 Å². The van der Waals surface area contributed by atoms with Crippen LogP contribution in [0.25, 0.3) is 0 Å². The summed E-state index contributed by atoms with van der Waals surface area (Å²) in [5, 5.41) is 2.48. The molecule has 0 aliphatic carbocycles. The van der Waals surface area contributed by atoms with Crippen LogP contribution in [-0.2, 0) is 9.59 Å². The molecule has 0 saturated heterocycles. The van der Waals surface area contributed by atoms with Gasteiger partial charge in [-0.3, -0.25) is 9.59 Å². The molecular formula is C8H17N3O2. The van der Waals surface area contributed by atoms with Crippen molar-refractivity contribution in [3.05, 3.63) is 0 Å². The van der Waals surface area contributed by atoms with Crippen LogP contribution >= 0.6 is 0 Å². The molecule has 0 aromatic rings. The SMILES string of the molecule is CNC(=O)CCN(C)C(=O)[C@H](C)N. The minimum Gasteiger partial charge on any atom is -0.359 e. The lowest BCUT2D eigenvalue weighted by molar-refractivity contribution is -0.131. The molecule has 0 aliphatic heterocycles. The summed E-state index contributed by atoms with van der Waals surface area (Å²) in [5.41, 5.74) is 5.38. The van der Waals surface area contributed by atoms with Gasteiger partial charge in [0.25, 0.3) is 0 Å². The molecule has 0 radical (unpaired) electrons. The molecule has 0 spiro atoms. The number of nitrogens with one attached hydrogen (secondary N) is 1. The van der Waals surface area contributed by atoms with Gasteiger partial charge in [-0.15, -0.1) is 0 Å². The van der Waals surface area contributed by atoms with E-state index in [9.17, 15) is 9.59 Å². The molecule has 5 nitrogen and oxygen atoms in total. The molecule has 2 amide bonds. The zero-order chi connectivity index (χ0) is 10.4. The van der Waals surface area contributed by atoms with E-state index in [1.807, 2.05) is 0 Å². The molecule has 0 aliphatic rings. The highest BCUT2D eigenvalue weighted by atomic mass is 16.2. The molecule has 0 aromatic carbocycles. The van der Waals surface area contributed by atoms with Crippen molar-refractivity contribution in [1.29, 1.82) is 0 Å². The second-order valence-corrected chi connectivity index (χ2v) is 2.97. The Kier molecular flexibility index (Phi) is 5.06. The van der Waals surface area contributed by atoms with Crippen molar-refractivity contribution in [3.63, 3.8) is 0 Å². The maximum Gasteiger partial charge on any atom is 0.238 e. The zero-order valence-corrected chi connectivity index (χ0v) is 8.33. The van der Waals surface area contributed by atoms with Crippen molar-refractivity contribution in [2.75, 3.05) is 20.6 Å². The summed E-state index contributed by atoms with van der Waals surface area (Å²) in [6.07, 6.45) is 0.311. The van der Waals surface area contributed by atoms with Gasteiger partial charge < -0.3 is 16.0 Å². The summed E-state index contributed by atoms with van der Waals surface area (Å²) in [7, 11) is 3.20. The molecule has 0 unspecified atom stereocenters. The Bertz CT molecular complexity index is 192. The van der Waals surface area contributed by atoms with Crippen molar-refractivity contribution >= 4 is 11.8 Å². The van der Waals surface area contributed by atoms with Crippen LogP contribution in [0, 0.1) is 0 Å². The van der Waals surface area contributed by atoms with E-state index in [-0.39, 0.29) is 11.8 Å². The summed E-state index contributed by atoms with van der Waals surface area (Å²) in [6.45, 7) is 2.03. The molecule has 76 valence electrons. The molecule has 5 heteroatoms. The van der Waals surface area contributed by atoms with Crippen LogP contribution in [0.3, 0.4) is 0 Å². The quantitative estimate of drug-likeness (QED) is 0.588. The molecule has 1 atom stereocenters. The number of likely N-dealkylation sites (N-methyl/N-ethyl adjacent to an activating group) is 1. The maximum atomic E-state index is 11.2. The van der Waals surface area contributed by atoms with Gasteiger partial charge in [0.2, 0.25) is 11.8 Å². The van der Waals surface area contributed by atoms with Gasteiger partial charge in [0.15, 0.2) is 0 Å². The highest BCUT2D eigenvalue weighted by Crippen LogP contribution is 1.91. The molecular weight excluding hydrogens is 170 g/mol. The highest BCUT2D eigenvalue weighted by molar-refractivity contribution is 5.82. The molecule has 0 fully saturated rings. The molecule has 13 heavy (non-hydrogen) atoms. The van der Waals surface area contributed by atoms with Crippen molar-refractivity contribution < 1.29 is 9.59 Å². The van der Waals surface area contributed by atoms with Crippen molar-refractivity contribution in [2.24, 2.45) is 5.73 Å². The third-order valence-corrected chi connectivity index (χ3v) is 1.72. The van der Waals surface area contributed by atoms with Gasteiger partial charge in [0.05, 0.1) is 6.04 Å². The van der Waals surface area contributed by atoms with Gasteiger partial charge in [0.1, 0.15) is 0 Å². The highest BCUT2D eigenvalue weighted by Gasteiger charge is 2.13. The van der Waals surface area contributed by atoms with Gasteiger partial charge in [-0.2, -0.15) is 0 Å². The standard InChI is InChI=1S/C8H17N3O2/c1-6(9)8(13)11(3)5-4-7(12)10-2/h6H,4-5,9H2,1-3H3,(H,10,12)/t6-/m0/s1. The van der Waals surface area contributed by atoms with Crippen LogP contribution in [0.4, 0.5) is 0 Å². The fourth-order valence-electron chi connectivity index (χ4n) is 0.852. The molecule has 0 rings (SSSR count). The molecule has 0 bridgehead atoms. The van der Waals surface area contributed by atoms with Gasteiger partial charge in [-0.25, -0.2) is 0 Å². The summed E-state index contributed by atoms with van der Waals surface area (Å²) in [6, 6.07) is -0.505. The van der Waals surface area contributed by atoms with Crippen LogP contribution in [-0.4, -0.2) is 43.4 Å². The lowest BCUT2D eigenvalue weighted by atomic mass is 10.3. The summed E-state index contributed by atoms with van der Waals surface area (Å²) < 4.78 is 0. The number of nitrogens with two attached hydrogens (primary N) is 1. The normalized spacial score (nSPS) is 12.0. The Balaban J connectivity index is 3.81. The molecule has 0 saturated carbocycles. The topological polar surface area (TPSA) is 75.4 Å². The number of rotatable bonds is 4. The van der Waals surface area contributed by atoms with E-state index in [0.717, 1.165) is 0 Å². The number of hydrogen-bond donors (Lipinski definition) is 2. The van der Waals surface area contributed by atoms with Gasteiger partial charge in [0, 0.05) is 27.1 Å². The predicted octanol–water partition coefficient (Wildman–Crippen LogP) is -1.07. The zero-order valence-electron chi connectivity index (χ0n) is 8.33. The van der Waals surface area contributed by atoms with Gasteiger partial charge in [-0.05, 0) is 6.92 Å². The minimum absolute atomic E-state index is 0.0793. The van der Waals surface area contributed by atoms with Crippen LogP contribution < -0.4 is 11.1 Å². The third-order valence-electron chi connectivity index (χ3n) is 1.72. The Morgan fingerprint density at radius 1 is 1.54 bits per heavy atom. The number of amides is 2. The lowest BCUT2D eigenvalue weighted by Crippen LogP contribution is -2.41. The lowest BCUT2D eigenvalue weighted by Gasteiger charge is -2.18. The first-order valence-corrected chi connectivity index (χ1v) is 4.20. The van der Waals surface area contributed by atoms with Crippen LogP contribution in [0.5, 0.6) is 0 Å². The van der Waals surface area contributed by atoms with E-state index in [0.29, 0.717) is 13.0 Å². The average molecular weight is 187 g/mol. The minimum atomic E-state index is -0.505. The van der Waals surface area contributed by atoms with E-state index in [1.165, 1.54) is 4.90 Å². The van der Waals surface area contributed by atoms with Gasteiger partial charge >= 0.3 is 0 Å². The van der Waals surface area contributed by atoms with Crippen molar-refractivity contribution in [3.8, 4) is 0 Å². The second-order valence-electron chi connectivity index (χ2n) is 2.97. The third kappa shape index (κ3) is 4.47. The number of nitrogens with zero attached hydrogens (tertiary/aromatic N) is 1. The van der Waals surface area contributed by atoms with E-state index in [1.54, 1.807) is 21.0 Å². The fraction of sp³-hybridized carbons (Fsp3) is 0.750. The second kappa shape index (κ2) is 5.53. The number of carbonyl (C=O) groups excluding carboxylic acids is 2. The smallest absolute Gasteiger partial charge is 0.238 e. The molecule has 0 aromatic heterocycles. The fourth-order valence-corrected chi connectivity index (χ4v) is 0.852. The van der Waals surface area contributed by atoms with E-state index in [2.05, 4.69) is 5.32 Å². The van der Waals surface area contributed by atoms with Crippen molar-refractivity contribution in [2.45, 2.75) is 19.4 Å². The summed E-state index contributed by atoms with van der Waals surface area (Å²) in [5.74, 6) is -0.228. The summed E-state index contributed by atoms with van der Waals surface area (Å²) in [4.78, 5) is 23.5. The van der Waals surface area contributed by atoms with E-state index < -0.39 is 6.04 Å². The molecule has 3 N–H and O–H groups in total.